The zero-order valence-electron chi connectivity index (χ0n) is 10.4. The van der Waals surface area contributed by atoms with Gasteiger partial charge in [-0.1, -0.05) is 24.0 Å². The number of hydrogen-bond donors (Lipinski definition) is 1. The van der Waals surface area contributed by atoms with Gasteiger partial charge in [-0.3, -0.25) is 14.3 Å². The second-order valence-corrected chi connectivity index (χ2v) is 7.08. The molecule has 102 valence electrons. The van der Waals surface area contributed by atoms with Crippen LogP contribution in [0.4, 0.5) is 0 Å². The Kier molecular flexibility index (Phi) is 4.44. The van der Waals surface area contributed by atoms with Gasteiger partial charge in [-0.25, -0.2) is 0 Å². The normalized spacial score (nSPS) is 17.8. The molecule has 2 heterocycles. The largest absolute Gasteiger partial charge is 0.493 e. The number of thioether (sulfide) groups is 1. The highest BCUT2D eigenvalue weighted by Gasteiger charge is 2.31. The number of thiocarbonyl (C=S) groups is 1. The van der Waals surface area contributed by atoms with Crippen molar-refractivity contribution >= 4 is 63.8 Å². The highest BCUT2D eigenvalue weighted by Crippen LogP contribution is 2.36. The molecule has 0 saturated carbocycles. The molecular weight excluding hydrogens is 320 g/mol. The van der Waals surface area contributed by atoms with E-state index in [1.165, 1.54) is 23.1 Å². The first-order valence-electron chi connectivity index (χ1n) is 5.67. The minimum atomic E-state index is -0.112. The minimum Gasteiger partial charge on any atom is -0.493 e. The molecule has 1 fully saturated rings. The quantitative estimate of drug-likeness (QED) is 0.680. The third-order valence-corrected chi connectivity index (χ3v) is 5.43. The van der Waals surface area contributed by atoms with E-state index < -0.39 is 0 Å². The van der Waals surface area contributed by atoms with Gasteiger partial charge in [0.05, 0.1) is 9.78 Å². The van der Waals surface area contributed by atoms with Gasteiger partial charge in [0.15, 0.2) is 3.95 Å². The summed E-state index contributed by atoms with van der Waals surface area (Å²) >= 11 is 12.8. The maximum Gasteiger partial charge on any atom is 0.266 e. The Morgan fingerprint density at radius 3 is 2.47 bits per heavy atom. The number of aromatic hydroxyl groups is 1. The predicted molar refractivity (Wildman–Crippen MR) is 86.0 cm³/mol. The second-order valence-electron chi connectivity index (χ2n) is 3.73. The van der Waals surface area contributed by atoms with E-state index in [0.717, 1.165) is 0 Å². The molecule has 0 bridgehead atoms. The summed E-state index contributed by atoms with van der Waals surface area (Å²) in [6, 6.07) is 0. The van der Waals surface area contributed by atoms with Crippen LogP contribution >= 0.6 is 47.5 Å². The number of rotatable bonds is 3. The zero-order chi connectivity index (χ0) is 14.2. The summed E-state index contributed by atoms with van der Waals surface area (Å²) in [7, 11) is 0. The molecule has 1 saturated heterocycles. The van der Waals surface area contributed by atoms with Gasteiger partial charge in [0.25, 0.3) is 5.91 Å². The number of amides is 1. The van der Waals surface area contributed by atoms with Crippen molar-refractivity contribution < 1.29 is 9.90 Å². The SMILES string of the molecule is CCN1C(=O)/C(=C\c2sc(=S)n(CC)c2O)SC1=S. The van der Waals surface area contributed by atoms with Crippen LogP contribution in [0.2, 0.25) is 0 Å². The Morgan fingerprint density at radius 1 is 1.32 bits per heavy atom. The van der Waals surface area contributed by atoms with Gasteiger partial charge in [-0.05, 0) is 32.1 Å². The zero-order valence-corrected chi connectivity index (χ0v) is 13.6. The third-order valence-electron chi connectivity index (χ3n) is 2.66. The van der Waals surface area contributed by atoms with Crippen molar-refractivity contribution in [3.05, 3.63) is 13.7 Å². The van der Waals surface area contributed by atoms with Crippen molar-refractivity contribution in [1.82, 2.24) is 9.47 Å². The van der Waals surface area contributed by atoms with Gasteiger partial charge in [0, 0.05) is 13.1 Å². The van der Waals surface area contributed by atoms with Crippen molar-refractivity contribution in [2.45, 2.75) is 20.4 Å². The van der Waals surface area contributed by atoms with Gasteiger partial charge < -0.3 is 5.11 Å². The van der Waals surface area contributed by atoms with Crippen molar-refractivity contribution in [2.24, 2.45) is 0 Å². The lowest BCUT2D eigenvalue weighted by molar-refractivity contribution is -0.121. The van der Waals surface area contributed by atoms with E-state index in [9.17, 15) is 9.90 Å². The Morgan fingerprint density at radius 2 is 2.00 bits per heavy atom. The van der Waals surface area contributed by atoms with Gasteiger partial charge in [0.1, 0.15) is 4.32 Å². The Hall–Kier alpha value is -0.700. The van der Waals surface area contributed by atoms with E-state index in [4.69, 9.17) is 24.4 Å². The van der Waals surface area contributed by atoms with Crippen LogP contribution in [0.1, 0.15) is 18.7 Å². The Bertz CT molecular complexity index is 629. The number of nitrogens with zero attached hydrogens (tertiary/aromatic N) is 2. The number of thiazole rings is 1. The van der Waals surface area contributed by atoms with E-state index >= 15 is 0 Å². The number of likely N-dealkylation sites (N-methyl/N-ethyl adjacent to an activating group) is 1. The lowest BCUT2D eigenvalue weighted by atomic mass is 10.4. The molecule has 8 heteroatoms. The molecule has 2 rings (SSSR count). The molecule has 1 amide bonds. The molecule has 1 aliphatic heterocycles. The maximum absolute atomic E-state index is 12.1. The van der Waals surface area contributed by atoms with Crippen LogP contribution < -0.4 is 0 Å². The predicted octanol–water partition coefficient (Wildman–Crippen LogP) is 3.23. The molecule has 0 aliphatic carbocycles. The first kappa shape index (κ1) is 14.7. The van der Waals surface area contributed by atoms with Crippen LogP contribution in [0.15, 0.2) is 4.91 Å². The number of hydrogen-bond acceptors (Lipinski definition) is 6. The summed E-state index contributed by atoms with van der Waals surface area (Å²) < 4.78 is 2.78. The van der Waals surface area contributed by atoms with Crippen LogP contribution in [0.3, 0.4) is 0 Å². The molecular formula is C11H12N2O2S4. The summed E-state index contributed by atoms with van der Waals surface area (Å²) in [5.74, 6) is -0.00136. The summed E-state index contributed by atoms with van der Waals surface area (Å²) in [5.41, 5.74) is 0. The molecule has 4 nitrogen and oxygen atoms in total. The summed E-state index contributed by atoms with van der Waals surface area (Å²) in [5, 5.41) is 10.0. The first-order chi connectivity index (χ1) is 8.99. The lowest BCUT2D eigenvalue weighted by Crippen LogP contribution is -2.27. The Balaban J connectivity index is 2.41. The van der Waals surface area contributed by atoms with Crippen molar-refractivity contribution in [1.29, 1.82) is 0 Å². The highest BCUT2D eigenvalue weighted by molar-refractivity contribution is 8.26. The first-order valence-corrected chi connectivity index (χ1v) is 8.12. The average molecular weight is 332 g/mol. The molecule has 1 N–H and O–H groups in total. The van der Waals surface area contributed by atoms with Gasteiger partial charge in [-0.15, -0.1) is 11.3 Å². The van der Waals surface area contributed by atoms with Crippen LogP contribution in [0.5, 0.6) is 5.88 Å². The molecule has 1 aromatic rings. The van der Waals surface area contributed by atoms with E-state index in [-0.39, 0.29) is 11.8 Å². The standard InChI is InChI=1S/C11H12N2O2S4/c1-3-12-8(14)6(18-10(12)16)5-7-9(15)13(4-2)11(17)19-7/h5,14H,3-4H2,1-2H3/b7-5+. The lowest BCUT2D eigenvalue weighted by Gasteiger charge is -2.09. The molecule has 0 radical (unpaired) electrons. The number of aromatic nitrogens is 1. The van der Waals surface area contributed by atoms with E-state index in [1.54, 1.807) is 15.5 Å². The van der Waals surface area contributed by atoms with Crippen LogP contribution in [-0.4, -0.2) is 31.3 Å². The van der Waals surface area contributed by atoms with Gasteiger partial charge >= 0.3 is 0 Å². The van der Waals surface area contributed by atoms with E-state index in [0.29, 0.717) is 31.1 Å². The topological polar surface area (TPSA) is 45.5 Å². The van der Waals surface area contributed by atoms with Crippen LogP contribution in [-0.2, 0) is 11.3 Å². The number of carbonyl (C=O) groups is 1. The number of carbonyl (C=O) groups excluding carboxylic acids is 1. The Labute approximate surface area is 129 Å². The molecule has 0 spiro atoms. The molecule has 19 heavy (non-hydrogen) atoms. The smallest absolute Gasteiger partial charge is 0.266 e. The van der Waals surface area contributed by atoms with Crippen molar-refractivity contribution in [3.63, 3.8) is 0 Å². The van der Waals surface area contributed by atoms with Gasteiger partial charge in [-0.2, -0.15) is 0 Å². The highest BCUT2D eigenvalue weighted by atomic mass is 32.2. The van der Waals surface area contributed by atoms with E-state index in [2.05, 4.69) is 0 Å². The molecule has 0 aromatic carbocycles. The summed E-state index contributed by atoms with van der Waals surface area (Å²) in [6.07, 6.45) is 1.66. The second kappa shape index (κ2) is 5.74. The average Bonchev–Trinajstić information content (AvgIpc) is 2.78. The molecule has 1 aromatic heterocycles. The molecule has 0 atom stereocenters. The summed E-state index contributed by atoms with van der Waals surface area (Å²) in [4.78, 5) is 14.7. The van der Waals surface area contributed by atoms with E-state index in [1.807, 2.05) is 13.8 Å². The van der Waals surface area contributed by atoms with Crippen LogP contribution in [0, 0.1) is 3.95 Å². The fourth-order valence-corrected chi connectivity index (χ4v) is 4.50. The monoisotopic (exact) mass is 332 g/mol. The molecule has 0 unspecified atom stereocenters. The molecule has 1 aliphatic rings. The van der Waals surface area contributed by atoms with Crippen molar-refractivity contribution in [3.8, 4) is 5.88 Å². The fraction of sp³-hybridized carbons (Fsp3) is 0.364. The fourth-order valence-electron chi connectivity index (χ4n) is 1.68. The summed E-state index contributed by atoms with van der Waals surface area (Å²) in [6.45, 7) is 4.94. The van der Waals surface area contributed by atoms with Crippen molar-refractivity contribution in [2.75, 3.05) is 6.54 Å². The maximum atomic E-state index is 12.1. The van der Waals surface area contributed by atoms with Gasteiger partial charge in [0.2, 0.25) is 5.88 Å². The minimum absolute atomic E-state index is 0.110. The van der Waals surface area contributed by atoms with Crippen LogP contribution in [0.25, 0.3) is 6.08 Å². The third kappa shape index (κ3) is 2.62.